The number of para-hydroxylation sites is 1. The fourth-order valence-electron chi connectivity index (χ4n) is 2.95. The number of hydrazine groups is 1. The molecule has 1 atom stereocenters. The molecule has 0 fully saturated rings. The second-order valence-corrected chi connectivity index (χ2v) is 7.00. The van der Waals surface area contributed by atoms with Crippen molar-refractivity contribution in [2.45, 2.75) is 26.4 Å². The Morgan fingerprint density at radius 2 is 1.48 bits per heavy atom. The minimum absolute atomic E-state index is 0.205. The molecule has 0 radical (unpaired) electrons. The summed E-state index contributed by atoms with van der Waals surface area (Å²) in [5.74, 6) is 0.311. The highest BCUT2D eigenvalue weighted by molar-refractivity contribution is 5.85. The predicted molar refractivity (Wildman–Crippen MR) is 120 cm³/mol. The van der Waals surface area contributed by atoms with Crippen LogP contribution in [-0.2, 0) is 9.59 Å². The van der Waals surface area contributed by atoms with E-state index in [0.717, 1.165) is 16.7 Å². The quantitative estimate of drug-likeness (QED) is 0.541. The van der Waals surface area contributed by atoms with Crippen molar-refractivity contribution < 1.29 is 19.1 Å². The van der Waals surface area contributed by atoms with Gasteiger partial charge in [0, 0.05) is 0 Å². The second-order valence-electron chi connectivity index (χ2n) is 7.00. The van der Waals surface area contributed by atoms with E-state index < -0.39 is 17.9 Å². The summed E-state index contributed by atoms with van der Waals surface area (Å²) in [6.45, 7) is 3.53. The van der Waals surface area contributed by atoms with E-state index in [4.69, 9.17) is 9.47 Å². The van der Waals surface area contributed by atoms with Gasteiger partial charge in [-0.3, -0.25) is 20.4 Å². The largest absolute Gasteiger partial charge is 0.483 e. The van der Waals surface area contributed by atoms with Gasteiger partial charge in [0.15, 0.2) is 12.7 Å². The summed E-state index contributed by atoms with van der Waals surface area (Å²) in [6.07, 6.45) is -0.290. The van der Waals surface area contributed by atoms with Crippen molar-refractivity contribution in [3.05, 3.63) is 84.4 Å². The maximum Gasteiger partial charge on any atom is 0.279 e. The van der Waals surface area contributed by atoms with Gasteiger partial charge in [-0.2, -0.15) is 0 Å². The minimum atomic E-state index is -0.736. The molecule has 0 heterocycles. The van der Waals surface area contributed by atoms with Crippen molar-refractivity contribution in [3.63, 3.8) is 0 Å². The third kappa shape index (κ3) is 6.34. The van der Waals surface area contributed by atoms with E-state index in [-0.39, 0.29) is 6.61 Å². The molecular weight excluding hydrogens is 392 g/mol. The lowest BCUT2D eigenvalue weighted by molar-refractivity contribution is -0.134. The molecule has 3 rings (SSSR count). The first-order valence-corrected chi connectivity index (χ1v) is 10.2. The molecule has 1 unspecified atom stereocenters. The van der Waals surface area contributed by atoms with Gasteiger partial charge in [-0.15, -0.1) is 0 Å². The Morgan fingerprint density at radius 3 is 2.16 bits per heavy atom. The second kappa shape index (κ2) is 10.8. The van der Waals surface area contributed by atoms with Crippen molar-refractivity contribution in [1.82, 2.24) is 10.9 Å². The first-order valence-electron chi connectivity index (χ1n) is 10.2. The summed E-state index contributed by atoms with van der Waals surface area (Å²) >= 11 is 0. The van der Waals surface area contributed by atoms with Crippen molar-refractivity contribution in [2.24, 2.45) is 0 Å². The van der Waals surface area contributed by atoms with E-state index >= 15 is 0 Å². The monoisotopic (exact) mass is 418 g/mol. The van der Waals surface area contributed by atoms with Crippen molar-refractivity contribution in [2.75, 3.05) is 6.61 Å². The first-order chi connectivity index (χ1) is 15.1. The normalized spacial score (nSPS) is 11.3. The van der Waals surface area contributed by atoms with Crippen LogP contribution in [0.3, 0.4) is 0 Å². The molecule has 160 valence electrons. The fraction of sp³-hybridized carbons (Fsp3) is 0.200. The van der Waals surface area contributed by atoms with Crippen LogP contribution in [-0.4, -0.2) is 24.5 Å². The van der Waals surface area contributed by atoms with E-state index in [1.54, 1.807) is 6.07 Å². The lowest BCUT2D eigenvalue weighted by Crippen LogP contribution is -2.49. The molecule has 3 aromatic rings. The first kappa shape index (κ1) is 21.9. The number of benzene rings is 3. The molecule has 0 bridgehead atoms. The van der Waals surface area contributed by atoms with Crippen LogP contribution in [0.25, 0.3) is 11.1 Å². The Hall–Kier alpha value is -3.80. The average molecular weight is 418 g/mol. The van der Waals surface area contributed by atoms with Gasteiger partial charge in [0.1, 0.15) is 11.5 Å². The van der Waals surface area contributed by atoms with E-state index in [0.29, 0.717) is 17.9 Å². The lowest BCUT2D eigenvalue weighted by atomic mass is 10.1. The summed E-state index contributed by atoms with van der Waals surface area (Å²) in [4.78, 5) is 24.4. The van der Waals surface area contributed by atoms with Gasteiger partial charge in [0.2, 0.25) is 0 Å². The molecule has 0 aromatic heterocycles. The maximum absolute atomic E-state index is 12.4. The van der Waals surface area contributed by atoms with Gasteiger partial charge in [-0.05, 0) is 48.2 Å². The number of ether oxygens (including phenoxy) is 2. The summed E-state index contributed by atoms with van der Waals surface area (Å²) in [5, 5.41) is 0. The zero-order valence-corrected chi connectivity index (χ0v) is 17.6. The number of hydrogen-bond donors (Lipinski definition) is 2. The van der Waals surface area contributed by atoms with Crippen LogP contribution in [0.2, 0.25) is 0 Å². The molecule has 0 aliphatic heterocycles. The number of aryl methyl sites for hydroxylation is 1. The zero-order valence-electron chi connectivity index (χ0n) is 17.6. The van der Waals surface area contributed by atoms with Gasteiger partial charge < -0.3 is 9.47 Å². The number of carbonyl (C=O) groups excluding carboxylic acids is 2. The standard InChI is InChI=1S/C25H26N2O4/c1-3-22(31-21-15-13-20(14-16-21)19-10-5-4-6-11-19)25(29)27-26-24(28)17-30-23-12-8-7-9-18(23)2/h4-16,22H,3,17H2,1-2H3,(H,26,28)(H,27,29). The van der Waals surface area contributed by atoms with Gasteiger partial charge in [0.05, 0.1) is 0 Å². The SMILES string of the molecule is CCC(Oc1ccc(-c2ccccc2)cc1)C(=O)NNC(=O)COc1ccccc1C. The number of rotatable bonds is 8. The number of nitrogens with one attached hydrogen (secondary N) is 2. The highest BCUT2D eigenvalue weighted by Crippen LogP contribution is 2.23. The molecule has 3 aromatic carbocycles. The number of amides is 2. The smallest absolute Gasteiger partial charge is 0.279 e. The van der Waals surface area contributed by atoms with Crippen LogP contribution >= 0.6 is 0 Å². The van der Waals surface area contributed by atoms with E-state index in [2.05, 4.69) is 10.9 Å². The van der Waals surface area contributed by atoms with Crippen LogP contribution in [0.1, 0.15) is 18.9 Å². The van der Waals surface area contributed by atoms with Crippen molar-refractivity contribution in [3.8, 4) is 22.6 Å². The zero-order chi connectivity index (χ0) is 22.1. The molecule has 0 aliphatic carbocycles. The Morgan fingerprint density at radius 1 is 0.839 bits per heavy atom. The molecule has 6 heteroatoms. The highest BCUT2D eigenvalue weighted by Gasteiger charge is 2.19. The van der Waals surface area contributed by atoms with Crippen molar-refractivity contribution in [1.29, 1.82) is 0 Å². The molecule has 0 spiro atoms. The van der Waals surface area contributed by atoms with E-state index in [9.17, 15) is 9.59 Å². The van der Waals surface area contributed by atoms with E-state index in [1.165, 1.54) is 0 Å². The summed E-state index contributed by atoms with van der Waals surface area (Å²) in [5.41, 5.74) is 7.85. The Bertz CT molecular complexity index is 1000. The third-order valence-corrected chi connectivity index (χ3v) is 4.68. The van der Waals surface area contributed by atoms with Crippen LogP contribution in [0.15, 0.2) is 78.9 Å². The van der Waals surface area contributed by atoms with Crippen LogP contribution in [0.4, 0.5) is 0 Å². The Balaban J connectivity index is 1.48. The van der Waals surface area contributed by atoms with E-state index in [1.807, 2.05) is 86.6 Å². The lowest BCUT2D eigenvalue weighted by Gasteiger charge is -2.18. The summed E-state index contributed by atoms with van der Waals surface area (Å²) in [6, 6.07) is 24.9. The molecule has 0 saturated heterocycles. The Labute approximate surface area is 182 Å². The Kier molecular flexibility index (Phi) is 7.65. The van der Waals surface area contributed by atoms with Gasteiger partial charge >= 0.3 is 0 Å². The predicted octanol–water partition coefficient (Wildman–Crippen LogP) is 4.05. The van der Waals surface area contributed by atoms with Crippen LogP contribution in [0, 0.1) is 6.92 Å². The maximum atomic E-state index is 12.4. The van der Waals surface area contributed by atoms with Crippen LogP contribution in [0.5, 0.6) is 11.5 Å². The highest BCUT2D eigenvalue weighted by atomic mass is 16.5. The minimum Gasteiger partial charge on any atom is -0.483 e. The average Bonchev–Trinajstić information content (AvgIpc) is 2.81. The number of hydrogen-bond acceptors (Lipinski definition) is 4. The molecule has 0 aliphatic rings. The summed E-state index contributed by atoms with van der Waals surface area (Å²) < 4.78 is 11.3. The third-order valence-electron chi connectivity index (χ3n) is 4.68. The molecule has 2 amide bonds. The van der Waals surface area contributed by atoms with Gasteiger partial charge in [-0.1, -0.05) is 67.6 Å². The number of carbonyl (C=O) groups is 2. The van der Waals surface area contributed by atoms with Crippen molar-refractivity contribution >= 4 is 11.8 Å². The molecular formula is C25H26N2O4. The molecule has 2 N–H and O–H groups in total. The molecule has 0 saturated carbocycles. The molecule has 31 heavy (non-hydrogen) atoms. The van der Waals surface area contributed by atoms with Gasteiger partial charge in [-0.25, -0.2) is 0 Å². The molecule has 6 nitrogen and oxygen atoms in total. The van der Waals surface area contributed by atoms with Gasteiger partial charge in [0.25, 0.3) is 11.8 Å². The fourth-order valence-corrected chi connectivity index (χ4v) is 2.95. The summed E-state index contributed by atoms with van der Waals surface area (Å²) in [7, 11) is 0. The van der Waals surface area contributed by atoms with Crippen LogP contribution < -0.4 is 20.3 Å². The topological polar surface area (TPSA) is 76.7 Å².